The van der Waals surface area contributed by atoms with E-state index in [1.54, 1.807) is 13.8 Å². The highest BCUT2D eigenvalue weighted by Gasteiger charge is 2.24. The van der Waals surface area contributed by atoms with Crippen LogP contribution in [-0.4, -0.2) is 11.1 Å². The zero-order valence-corrected chi connectivity index (χ0v) is 10.0. The molecule has 0 amide bonds. The van der Waals surface area contributed by atoms with Crippen LogP contribution in [0.5, 0.6) is 0 Å². The third-order valence-electron chi connectivity index (χ3n) is 3.08. The normalized spacial score (nSPS) is 14.6. The summed E-state index contributed by atoms with van der Waals surface area (Å²) in [5.74, 6) is -2.11. The molecule has 0 saturated heterocycles. The summed E-state index contributed by atoms with van der Waals surface area (Å²) in [5, 5.41) is 8.93. The number of hydrogen-bond acceptors (Lipinski definition) is 1. The van der Waals surface area contributed by atoms with Crippen molar-refractivity contribution in [2.75, 3.05) is 0 Å². The molecule has 1 rings (SSSR count). The highest BCUT2D eigenvalue weighted by molar-refractivity contribution is 5.71. The zero-order chi connectivity index (χ0) is 12.5. The number of halogens is 1. The van der Waals surface area contributed by atoms with Crippen LogP contribution >= 0.6 is 0 Å². The zero-order valence-electron chi connectivity index (χ0n) is 10.0. The van der Waals surface area contributed by atoms with Crippen molar-refractivity contribution in [3.8, 4) is 0 Å². The molecule has 0 aliphatic carbocycles. The number of rotatable bonds is 3. The Morgan fingerprint density at radius 3 is 2.31 bits per heavy atom. The highest BCUT2D eigenvalue weighted by atomic mass is 19.1. The van der Waals surface area contributed by atoms with E-state index in [0.29, 0.717) is 5.56 Å². The third kappa shape index (κ3) is 2.40. The maximum absolute atomic E-state index is 13.8. The first-order chi connectivity index (χ1) is 7.34. The van der Waals surface area contributed by atoms with Crippen LogP contribution in [0.3, 0.4) is 0 Å². The lowest BCUT2D eigenvalue weighted by atomic mass is 9.85. The van der Waals surface area contributed by atoms with Gasteiger partial charge in [0.1, 0.15) is 5.82 Å². The van der Waals surface area contributed by atoms with Crippen LogP contribution in [0.1, 0.15) is 36.5 Å². The number of carboxylic acids is 1. The van der Waals surface area contributed by atoms with Crippen LogP contribution < -0.4 is 0 Å². The average Bonchev–Trinajstić information content (AvgIpc) is 2.14. The molecule has 16 heavy (non-hydrogen) atoms. The maximum atomic E-state index is 13.8. The second kappa shape index (κ2) is 4.64. The summed E-state index contributed by atoms with van der Waals surface area (Å²) < 4.78 is 13.8. The van der Waals surface area contributed by atoms with E-state index >= 15 is 0 Å². The van der Waals surface area contributed by atoms with Gasteiger partial charge in [0.25, 0.3) is 0 Å². The van der Waals surface area contributed by atoms with Gasteiger partial charge < -0.3 is 5.11 Å². The number of benzene rings is 1. The van der Waals surface area contributed by atoms with Crippen molar-refractivity contribution in [2.24, 2.45) is 5.92 Å². The molecule has 0 aliphatic heterocycles. The van der Waals surface area contributed by atoms with Crippen molar-refractivity contribution in [3.63, 3.8) is 0 Å². The quantitative estimate of drug-likeness (QED) is 0.855. The molecule has 88 valence electrons. The fourth-order valence-electron chi connectivity index (χ4n) is 1.97. The molecule has 2 nitrogen and oxygen atoms in total. The smallest absolute Gasteiger partial charge is 0.306 e. The molecule has 0 spiro atoms. The molecule has 0 radical (unpaired) electrons. The molecule has 0 bridgehead atoms. The SMILES string of the molecule is Cc1cc(C)c(C(C)C(C)C(=O)O)c(F)c1. The molecule has 2 atom stereocenters. The molecule has 1 aromatic rings. The van der Waals surface area contributed by atoms with Crippen molar-refractivity contribution in [1.29, 1.82) is 0 Å². The Morgan fingerprint density at radius 1 is 1.31 bits per heavy atom. The Labute approximate surface area is 95.1 Å². The van der Waals surface area contributed by atoms with Crippen molar-refractivity contribution in [3.05, 3.63) is 34.6 Å². The molecular weight excluding hydrogens is 207 g/mol. The minimum absolute atomic E-state index is 0.307. The van der Waals surface area contributed by atoms with Gasteiger partial charge in [-0.1, -0.05) is 19.9 Å². The highest BCUT2D eigenvalue weighted by Crippen LogP contribution is 2.30. The van der Waals surface area contributed by atoms with Gasteiger partial charge in [-0.2, -0.15) is 0 Å². The van der Waals surface area contributed by atoms with Crippen LogP contribution in [0.4, 0.5) is 4.39 Å². The number of carboxylic acid groups (broad SMARTS) is 1. The lowest BCUT2D eigenvalue weighted by Gasteiger charge is -2.19. The van der Waals surface area contributed by atoms with Gasteiger partial charge in [-0.05, 0) is 42.5 Å². The van der Waals surface area contributed by atoms with E-state index in [2.05, 4.69) is 0 Å². The Kier molecular flexibility index (Phi) is 3.68. The van der Waals surface area contributed by atoms with E-state index in [1.807, 2.05) is 19.9 Å². The maximum Gasteiger partial charge on any atom is 0.306 e. The topological polar surface area (TPSA) is 37.3 Å². The van der Waals surface area contributed by atoms with Crippen molar-refractivity contribution < 1.29 is 14.3 Å². The molecule has 2 unspecified atom stereocenters. The number of aryl methyl sites for hydroxylation is 2. The Hall–Kier alpha value is -1.38. The molecule has 0 aromatic heterocycles. The van der Waals surface area contributed by atoms with E-state index in [4.69, 9.17) is 5.11 Å². The van der Waals surface area contributed by atoms with Crippen LogP contribution in [-0.2, 0) is 4.79 Å². The van der Waals surface area contributed by atoms with Gasteiger partial charge >= 0.3 is 5.97 Å². The summed E-state index contributed by atoms with van der Waals surface area (Å²) in [5.41, 5.74) is 2.19. The number of carbonyl (C=O) groups is 1. The fraction of sp³-hybridized carbons (Fsp3) is 0.462. The first-order valence-corrected chi connectivity index (χ1v) is 5.34. The van der Waals surface area contributed by atoms with Gasteiger partial charge in [-0.3, -0.25) is 4.79 Å². The van der Waals surface area contributed by atoms with Crippen LogP contribution in [0.2, 0.25) is 0 Å². The molecule has 3 heteroatoms. The Bertz CT molecular complexity index is 389. The lowest BCUT2D eigenvalue weighted by Crippen LogP contribution is -2.18. The molecular formula is C13H17FO2. The van der Waals surface area contributed by atoms with Gasteiger partial charge in [0.15, 0.2) is 0 Å². The standard InChI is InChI=1S/C13H17FO2/c1-7-5-8(2)12(11(14)6-7)9(3)10(4)13(15)16/h5-6,9-10H,1-4H3,(H,15,16). The van der Waals surface area contributed by atoms with Crippen LogP contribution in [0.15, 0.2) is 12.1 Å². The first-order valence-electron chi connectivity index (χ1n) is 5.34. The number of aliphatic carboxylic acids is 1. The van der Waals surface area contributed by atoms with E-state index in [0.717, 1.165) is 11.1 Å². The van der Waals surface area contributed by atoms with Gasteiger partial charge in [0.05, 0.1) is 5.92 Å². The lowest BCUT2D eigenvalue weighted by molar-refractivity contribution is -0.141. The van der Waals surface area contributed by atoms with Gasteiger partial charge in [-0.25, -0.2) is 4.39 Å². The predicted octanol–water partition coefficient (Wildman–Crippen LogP) is 3.27. The molecule has 1 N–H and O–H groups in total. The van der Waals surface area contributed by atoms with Gasteiger partial charge in [-0.15, -0.1) is 0 Å². The van der Waals surface area contributed by atoms with Gasteiger partial charge in [0, 0.05) is 0 Å². The average molecular weight is 224 g/mol. The molecule has 0 saturated carbocycles. The molecule has 0 heterocycles. The van der Waals surface area contributed by atoms with Crippen LogP contribution in [0.25, 0.3) is 0 Å². The van der Waals surface area contributed by atoms with E-state index in [9.17, 15) is 9.18 Å². The molecule has 1 aromatic carbocycles. The Balaban J connectivity index is 3.18. The summed E-state index contributed by atoms with van der Waals surface area (Å²) in [7, 11) is 0. The Morgan fingerprint density at radius 2 is 1.88 bits per heavy atom. The van der Waals surface area contributed by atoms with E-state index in [-0.39, 0.29) is 11.7 Å². The van der Waals surface area contributed by atoms with Gasteiger partial charge in [0.2, 0.25) is 0 Å². The van der Waals surface area contributed by atoms with E-state index in [1.165, 1.54) is 6.07 Å². The van der Waals surface area contributed by atoms with Crippen LogP contribution in [0, 0.1) is 25.6 Å². The first kappa shape index (κ1) is 12.7. The van der Waals surface area contributed by atoms with E-state index < -0.39 is 11.9 Å². The summed E-state index contributed by atoms with van der Waals surface area (Å²) in [6.07, 6.45) is 0. The summed E-state index contributed by atoms with van der Waals surface area (Å²) in [4.78, 5) is 10.9. The summed E-state index contributed by atoms with van der Waals surface area (Å²) in [6.45, 7) is 6.99. The summed E-state index contributed by atoms with van der Waals surface area (Å²) in [6, 6.07) is 3.33. The predicted molar refractivity (Wildman–Crippen MR) is 61.1 cm³/mol. The van der Waals surface area contributed by atoms with Crippen molar-refractivity contribution in [1.82, 2.24) is 0 Å². The second-order valence-corrected chi connectivity index (χ2v) is 4.39. The molecule has 0 aliphatic rings. The minimum Gasteiger partial charge on any atom is -0.481 e. The fourth-order valence-corrected chi connectivity index (χ4v) is 1.97. The van der Waals surface area contributed by atoms with Crippen molar-refractivity contribution >= 4 is 5.97 Å². The minimum atomic E-state index is -0.896. The second-order valence-electron chi connectivity index (χ2n) is 4.39. The monoisotopic (exact) mass is 224 g/mol. The third-order valence-corrected chi connectivity index (χ3v) is 3.08. The largest absolute Gasteiger partial charge is 0.481 e. The molecule has 0 fully saturated rings. The van der Waals surface area contributed by atoms with Crippen molar-refractivity contribution in [2.45, 2.75) is 33.6 Å². The summed E-state index contributed by atoms with van der Waals surface area (Å²) >= 11 is 0. The number of hydrogen-bond donors (Lipinski definition) is 1.